The summed E-state index contributed by atoms with van der Waals surface area (Å²) in [5.74, 6) is 0. The summed E-state index contributed by atoms with van der Waals surface area (Å²) in [6.45, 7) is 6.30. The van der Waals surface area contributed by atoms with Gasteiger partial charge in [0.25, 0.3) is 0 Å². The highest BCUT2D eigenvalue weighted by Crippen LogP contribution is 2.21. The van der Waals surface area contributed by atoms with E-state index < -0.39 is 0 Å². The lowest BCUT2D eigenvalue weighted by atomic mass is 10.0. The smallest absolute Gasteiger partial charge is 0.106 e. The lowest BCUT2D eigenvalue weighted by molar-refractivity contribution is -0.0979. The fraction of sp³-hybridized carbons (Fsp3) is 0.188. The van der Waals surface area contributed by atoms with Crippen LogP contribution in [-0.2, 0) is 4.79 Å². The van der Waals surface area contributed by atoms with Gasteiger partial charge in [-0.3, -0.25) is 0 Å². The Balaban J connectivity index is 0.000000659. The van der Waals surface area contributed by atoms with Crippen LogP contribution < -0.4 is 5.73 Å². The van der Waals surface area contributed by atoms with Crippen molar-refractivity contribution in [3.63, 3.8) is 0 Å². The van der Waals surface area contributed by atoms with Gasteiger partial charge in [-0.25, -0.2) is 0 Å². The fourth-order valence-corrected chi connectivity index (χ4v) is 1.55. The molecule has 18 heavy (non-hydrogen) atoms. The maximum Gasteiger partial charge on any atom is 0.106 e. The van der Waals surface area contributed by atoms with Gasteiger partial charge in [0.05, 0.1) is 0 Å². The molecule has 2 aromatic carbocycles. The third-order valence-corrected chi connectivity index (χ3v) is 2.61. The average Bonchev–Trinajstić information content (AvgIpc) is 2.47. The minimum atomic E-state index is 1.29. The molecule has 0 heterocycles. The van der Waals surface area contributed by atoms with Gasteiger partial charge in [0.15, 0.2) is 0 Å². The van der Waals surface area contributed by atoms with Crippen molar-refractivity contribution in [3.8, 4) is 11.1 Å². The molecule has 0 bridgehead atoms. The van der Waals surface area contributed by atoms with Gasteiger partial charge in [-0.1, -0.05) is 48.5 Å². The summed E-state index contributed by atoms with van der Waals surface area (Å²) >= 11 is 0. The van der Waals surface area contributed by atoms with Crippen LogP contribution in [0.2, 0.25) is 0 Å². The Hall–Kier alpha value is -1.93. The third-order valence-electron chi connectivity index (χ3n) is 2.61. The third kappa shape index (κ3) is 4.52. The molecule has 0 spiro atoms. The van der Waals surface area contributed by atoms with Crippen LogP contribution in [0.1, 0.15) is 11.1 Å². The number of nitrogens with two attached hydrogens (primary N) is 1. The van der Waals surface area contributed by atoms with Crippen molar-refractivity contribution < 1.29 is 4.79 Å². The minimum absolute atomic E-state index is 1.29. The fourth-order valence-electron chi connectivity index (χ4n) is 1.55. The molecule has 0 amide bonds. The summed E-state index contributed by atoms with van der Waals surface area (Å²) in [5.41, 5.74) is 9.79. The predicted molar refractivity (Wildman–Crippen MR) is 78.6 cm³/mol. The van der Waals surface area contributed by atoms with Gasteiger partial charge in [0.1, 0.15) is 6.79 Å². The quantitative estimate of drug-likeness (QED) is 0.834. The summed E-state index contributed by atoms with van der Waals surface area (Å²) in [7, 11) is 1.50. The van der Waals surface area contributed by atoms with Gasteiger partial charge in [-0.05, 0) is 43.1 Å². The second-order valence-corrected chi connectivity index (χ2v) is 3.67. The second kappa shape index (κ2) is 9.14. The van der Waals surface area contributed by atoms with Gasteiger partial charge in [0.2, 0.25) is 0 Å². The van der Waals surface area contributed by atoms with Crippen LogP contribution in [0, 0.1) is 13.8 Å². The van der Waals surface area contributed by atoms with Crippen molar-refractivity contribution >= 4 is 6.79 Å². The van der Waals surface area contributed by atoms with E-state index in [1.54, 1.807) is 0 Å². The zero-order valence-electron chi connectivity index (χ0n) is 11.3. The maximum atomic E-state index is 8.00. The van der Waals surface area contributed by atoms with Crippen LogP contribution in [0.4, 0.5) is 0 Å². The summed E-state index contributed by atoms with van der Waals surface area (Å²) < 4.78 is 0. The first kappa shape index (κ1) is 16.1. The lowest BCUT2D eigenvalue weighted by Gasteiger charge is -2.04. The number of rotatable bonds is 1. The Labute approximate surface area is 109 Å². The Morgan fingerprint density at radius 2 is 1.33 bits per heavy atom. The highest BCUT2D eigenvalue weighted by molar-refractivity contribution is 5.64. The van der Waals surface area contributed by atoms with Crippen molar-refractivity contribution in [1.29, 1.82) is 0 Å². The van der Waals surface area contributed by atoms with Crippen LogP contribution in [0.5, 0.6) is 0 Å². The first-order valence-corrected chi connectivity index (χ1v) is 5.76. The van der Waals surface area contributed by atoms with E-state index in [0.717, 1.165) is 0 Å². The summed E-state index contributed by atoms with van der Waals surface area (Å²) in [6, 6.07) is 17.1. The zero-order chi connectivity index (χ0) is 14.0. The molecule has 2 heteroatoms. The van der Waals surface area contributed by atoms with Crippen molar-refractivity contribution in [3.05, 3.63) is 59.7 Å². The normalized spacial score (nSPS) is 8.44. The largest absolute Gasteiger partial charge is 0.333 e. The van der Waals surface area contributed by atoms with Gasteiger partial charge in [-0.15, -0.1) is 0 Å². The molecule has 2 aromatic rings. The average molecular weight is 243 g/mol. The standard InChI is InChI=1S/C14H14.CH5N.CH2O/c1-11-8-9-14(10-12(11)2)13-6-4-3-5-7-13;2*1-2/h3-10H,1-2H3;2H2,1H3;1H2. The first-order chi connectivity index (χ1) is 8.77. The Morgan fingerprint density at radius 1 is 0.778 bits per heavy atom. The van der Waals surface area contributed by atoms with Crippen molar-refractivity contribution in [2.75, 3.05) is 7.05 Å². The summed E-state index contributed by atoms with van der Waals surface area (Å²) in [6.07, 6.45) is 0. The highest BCUT2D eigenvalue weighted by atomic mass is 16.1. The van der Waals surface area contributed by atoms with Crippen LogP contribution >= 0.6 is 0 Å². The molecule has 0 aromatic heterocycles. The number of carbonyl (C=O) groups is 1. The Bertz CT molecular complexity index is 452. The highest BCUT2D eigenvalue weighted by Gasteiger charge is 1.97. The Kier molecular flexibility index (Phi) is 8.16. The minimum Gasteiger partial charge on any atom is -0.333 e. The molecular weight excluding hydrogens is 222 g/mol. The number of benzene rings is 2. The van der Waals surface area contributed by atoms with Crippen molar-refractivity contribution in [1.82, 2.24) is 0 Å². The van der Waals surface area contributed by atoms with E-state index in [4.69, 9.17) is 4.79 Å². The van der Waals surface area contributed by atoms with Crippen LogP contribution in [0.3, 0.4) is 0 Å². The van der Waals surface area contributed by atoms with Gasteiger partial charge in [0, 0.05) is 0 Å². The van der Waals surface area contributed by atoms with E-state index in [-0.39, 0.29) is 0 Å². The number of hydrogen-bond donors (Lipinski definition) is 1. The van der Waals surface area contributed by atoms with Gasteiger partial charge < -0.3 is 10.5 Å². The zero-order valence-corrected chi connectivity index (χ0v) is 11.3. The predicted octanol–water partition coefficient (Wildman–Crippen LogP) is 3.36. The first-order valence-electron chi connectivity index (χ1n) is 5.76. The van der Waals surface area contributed by atoms with E-state index in [2.05, 4.69) is 62.0 Å². The Morgan fingerprint density at radius 3 is 1.83 bits per heavy atom. The molecule has 2 nitrogen and oxygen atoms in total. The molecule has 0 aliphatic heterocycles. The van der Waals surface area contributed by atoms with E-state index >= 15 is 0 Å². The maximum absolute atomic E-state index is 8.00. The van der Waals surface area contributed by atoms with Crippen LogP contribution in [0.25, 0.3) is 11.1 Å². The number of carbonyl (C=O) groups excluding carboxylic acids is 1. The molecule has 2 rings (SSSR count). The lowest BCUT2D eigenvalue weighted by Crippen LogP contribution is -1.82. The summed E-state index contributed by atoms with van der Waals surface area (Å²) in [5, 5.41) is 0. The van der Waals surface area contributed by atoms with E-state index in [0.29, 0.717) is 0 Å². The number of aryl methyl sites for hydroxylation is 2. The van der Waals surface area contributed by atoms with E-state index in [1.165, 1.54) is 29.3 Å². The summed E-state index contributed by atoms with van der Waals surface area (Å²) in [4.78, 5) is 8.00. The topological polar surface area (TPSA) is 43.1 Å². The molecular formula is C16H21NO. The monoisotopic (exact) mass is 243 g/mol. The molecule has 96 valence electrons. The molecule has 0 saturated carbocycles. The van der Waals surface area contributed by atoms with Crippen molar-refractivity contribution in [2.45, 2.75) is 13.8 Å². The molecule has 0 unspecified atom stereocenters. The SMILES string of the molecule is C=O.CN.Cc1ccc(-c2ccccc2)cc1C. The number of hydrogen-bond acceptors (Lipinski definition) is 2. The van der Waals surface area contributed by atoms with Crippen molar-refractivity contribution in [2.24, 2.45) is 5.73 Å². The second-order valence-electron chi connectivity index (χ2n) is 3.67. The van der Waals surface area contributed by atoms with Gasteiger partial charge >= 0.3 is 0 Å². The molecule has 0 aliphatic carbocycles. The molecule has 0 atom stereocenters. The van der Waals surface area contributed by atoms with Crippen LogP contribution in [-0.4, -0.2) is 13.8 Å². The van der Waals surface area contributed by atoms with E-state index in [9.17, 15) is 0 Å². The molecule has 2 N–H and O–H groups in total. The van der Waals surface area contributed by atoms with Crippen LogP contribution in [0.15, 0.2) is 48.5 Å². The molecule has 0 fully saturated rings. The van der Waals surface area contributed by atoms with Gasteiger partial charge in [-0.2, -0.15) is 0 Å². The van der Waals surface area contributed by atoms with E-state index in [1.807, 2.05) is 12.9 Å². The molecule has 0 radical (unpaired) electrons. The molecule has 0 aliphatic rings. The molecule has 0 saturated heterocycles.